The van der Waals surface area contributed by atoms with E-state index in [1.807, 2.05) is 0 Å². The average molecular weight is 357 g/mol. The maximum absolute atomic E-state index is 11.1. The maximum atomic E-state index is 11.1. The molecular formula is C20H40N2O3. The standard InChI is InChI=1S/C20H40N2O3/c1-2-3-4-5-6-7-8-9-10-11-12-13-14-17-22-18(20(24)25)15-16-19(21)23/h18,22H,2-17H2,1H3,(H2,21,23)(H,24,25)/t18-/m0/s1. The van der Waals surface area contributed by atoms with Crippen LogP contribution in [-0.4, -0.2) is 29.6 Å². The van der Waals surface area contributed by atoms with Crippen LogP contribution in [0.1, 0.15) is 103 Å². The van der Waals surface area contributed by atoms with Crippen molar-refractivity contribution in [2.24, 2.45) is 5.73 Å². The summed E-state index contributed by atoms with van der Waals surface area (Å²) in [5.41, 5.74) is 5.06. The second-order valence-corrected chi connectivity index (χ2v) is 7.09. The Balaban J connectivity index is 3.34. The van der Waals surface area contributed by atoms with Crippen molar-refractivity contribution in [2.45, 2.75) is 109 Å². The monoisotopic (exact) mass is 356 g/mol. The van der Waals surface area contributed by atoms with E-state index in [1.165, 1.54) is 70.6 Å². The van der Waals surface area contributed by atoms with E-state index in [1.54, 1.807) is 0 Å². The molecule has 0 unspecified atom stereocenters. The van der Waals surface area contributed by atoms with Crippen LogP contribution in [0, 0.1) is 0 Å². The molecule has 0 aromatic carbocycles. The number of rotatable bonds is 19. The fourth-order valence-corrected chi connectivity index (χ4v) is 3.02. The summed E-state index contributed by atoms with van der Waals surface area (Å²) in [6.45, 7) is 2.94. The van der Waals surface area contributed by atoms with Gasteiger partial charge in [-0.2, -0.15) is 0 Å². The highest BCUT2D eigenvalue weighted by Gasteiger charge is 2.16. The van der Waals surface area contributed by atoms with E-state index in [0.717, 1.165) is 12.8 Å². The molecule has 0 saturated heterocycles. The first-order valence-corrected chi connectivity index (χ1v) is 10.3. The summed E-state index contributed by atoms with van der Waals surface area (Å²) in [6.07, 6.45) is 17.3. The van der Waals surface area contributed by atoms with Gasteiger partial charge >= 0.3 is 5.97 Å². The molecule has 0 saturated carbocycles. The second kappa shape index (κ2) is 17.7. The van der Waals surface area contributed by atoms with Crippen molar-refractivity contribution in [1.82, 2.24) is 5.32 Å². The van der Waals surface area contributed by atoms with Gasteiger partial charge in [-0.3, -0.25) is 9.59 Å². The number of hydrogen-bond donors (Lipinski definition) is 3. The summed E-state index contributed by atoms with van der Waals surface area (Å²) in [7, 11) is 0. The predicted octanol–water partition coefficient (Wildman–Crippen LogP) is 4.39. The van der Waals surface area contributed by atoms with Gasteiger partial charge in [-0.05, 0) is 19.4 Å². The molecule has 4 N–H and O–H groups in total. The maximum Gasteiger partial charge on any atom is 0.320 e. The van der Waals surface area contributed by atoms with Crippen LogP contribution in [0.4, 0.5) is 0 Å². The van der Waals surface area contributed by atoms with Crippen molar-refractivity contribution < 1.29 is 14.7 Å². The smallest absolute Gasteiger partial charge is 0.320 e. The topological polar surface area (TPSA) is 92.4 Å². The third-order valence-electron chi connectivity index (χ3n) is 4.65. The number of carboxylic acids is 1. The largest absolute Gasteiger partial charge is 0.480 e. The first-order chi connectivity index (χ1) is 12.1. The first-order valence-electron chi connectivity index (χ1n) is 10.3. The molecule has 1 amide bonds. The van der Waals surface area contributed by atoms with E-state index in [0.29, 0.717) is 6.54 Å². The lowest BCUT2D eigenvalue weighted by Gasteiger charge is -2.13. The van der Waals surface area contributed by atoms with Crippen molar-refractivity contribution in [2.75, 3.05) is 6.54 Å². The first kappa shape index (κ1) is 23.9. The van der Waals surface area contributed by atoms with E-state index < -0.39 is 17.9 Å². The van der Waals surface area contributed by atoms with Crippen LogP contribution in [0.3, 0.4) is 0 Å². The van der Waals surface area contributed by atoms with Crippen molar-refractivity contribution in [3.05, 3.63) is 0 Å². The van der Waals surface area contributed by atoms with Gasteiger partial charge in [0.05, 0.1) is 0 Å². The summed E-state index contributed by atoms with van der Waals surface area (Å²) in [5, 5.41) is 12.1. The molecule has 0 aromatic rings. The number of amides is 1. The van der Waals surface area contributed by atoms with E-state index in [9.17, 15) is 9.59 Å². The molecule has 0 heterocycles. The number of nitrogens with two attached hydrogens (primary N) is 1. The minimum Gasteiger partial charge on any atom is -0.480 e. The number of aliphatic carboxylic acids is 1. The van der Waals surface area contributed by atoms with E-state index in [4.69, 9.17) is 10.8 Å². The average Bonchev–Trinajstić information content (AvgIpc) is 2.57. The Hall–Kier alpha value is -1.10. The number of carbonyl (C=O) groups excluding carboxylic acids is 1. The lowest BCUT2D eigenvalue weighted by molar-refractivity contribution is -0.139. The zero-order valence-corrected chi connectivity index (χ0v) is 16.2. The number of hydrogen-bond acceptors (Lipinski definition) is 3. The van der Waals surface area contributed by atoms with Gasteiger partial charge in [-0.1, -0.05) is 84.0 Å². The van der Waals surface area contributed by atoms with Gasteiger partial charge in [0.15, 0.2) is 0 Å². The van der Waals surface area contributed by atoms with Crippen molar-refractivity contribution in [3.63, 3.8) is 0 Å². The summed E-state index contributed by atoms with van der Waals surface area (Å²) in [5.74, 6) is -1.36. The van der Waals surface area contributed by atoms with Crippen LogP contribution < -0.4 is 11.1 Å². The molecule has 25 heavy (non-hydrogen) atoms. The molecule has 0 aliphatic rings. The molecule has 148 valence electrons. The van der Waals surface area contributed by atoms with E-state index in [-0.39, 0.29) is 12.8 Å². The van der Waals surface area contributed by atoms with Gasteiger partial charge in [0.1, 0.15) is 6.04 Å². The zero-order valence-electron chi connectivity index (χ0n) is 16.2. The fraction of sp³-hybridized carbons (Fsp3) is 0.900. The van der Waals surface area contributed by atoms with Gasteiger partial charge in [-0.15, -0.1) is 0 Å². The van der Waals surface area contributed by atoms with Gasteiger partial charge in [0.25, 0.3) is 0 Å². The van der Waals surface area contributed by atoms with Crippen LogP contribution >= 0.6 is 0 Å². The second-order valence-electron chi connectivity index (χ2n) is 7.09. The molecule has 0 spiro atoms. The van der Waals surface area contributed by atoms with E-state index >= 15 is 0 Å². The zero-order chi connectivity index (χ0) is 18.8. The molecule has 0 radical (unpaired) electrons. The highest BCUT2D eigenvalue weighted by atomic mass is 16.4. The van der Waals surface area contributed by atoms with Gasteiger partial charge in [0.2, 0.25) is 5.91 Å². The minimum atomic E-state index is -0.907. The van der Waals surface area contributed by atoms with Gasteiger partial charge < -0.3 is 16.2 Å². The number of nitrogens with one attached hydrogen (secondary N) is 1. The Morgan fingerprint density at radius 2 is 1.28 bits per heavy atom. The number of carboxylic acid groups (broad SMARTS) is 1. The van der Waals surface area contributed by atoms with E-state index in [2.05, 4.69) is 12.2 Å². The Labute approximate surface area is 154 Å². The molecule has 0 rings (SSSR count). The molecule has 0 aromatic heterocycles. The molecular weight excluding hydrogens is 316 g/mol. The van der Waals surface area contributed by atoms with Crippen LogP contribution in [0.25, 0.3) is 0 Å². The predicted molar refractivity (Wildman–Crippen MR) is 104 cm³/mol. The van der Waals surface area contributed by atoms with Crippen LogP contribution in [-0.2, 0) is 9.59 Å². The summed E-state index contributed by atoms with van der Waals surface area (Å²) < 4.78 is 0. The quantitative estimate of drug-likeness (QED) is 0.299. The van der Waals surface area contributed by atoms with Crippen molar-refractivity contribution in [1.29, 1.82) is 0 Å². The Morgan fingerprint density at radius 3 is 1.68 bits per heavy atom. The third-order valence-corrected chi connectivity index (χ3v) is 4.65. The van der Waals surface area contributed by atoms with Crippen LogP contribution in [0.15, 0.2) is 0 Å². The van der Waals surface area contributed by atoms with Crippen LogP contribution in [0.5, 0.6) is 0 Å². The number of unbranched alkanes of at least 4 members (excludes halogenated alkanes) is 12. The van der Waals surface area contributed by atoms with Crippen molar-refractivity contribution >= 4 is 11.9 Å². The Kier molecular flexibility index (Phi) is 16.9. The summed E-state index contributed by atoms with van der Waals surface area (Å²) >= 11 is 0. The van der Waals surface area contributed by atoms with Gasteiger partial charge in [0, 0.05) is 6.42 Å². The Bertz CT molecular complexity index is 335. The minimum absolute atomic E-state index is 0.114. The van der Waals surface area contributed by atoms with Crippen molar-refractivity contribution in [3.8, 4) is 0 Å². The summed E-state index contributed by atoms with van der Waals surface area (Å²) in [4.78, 5) is 21.8. The molecule has 5 nitrogen and oxygen atoms in total. The highest BCUT2D eigenvalue weighted by Crippen LogP contribution is 2.12. The molecule has 0 bridgehead atoms. The Morgan fingerprint density at radius 1 is 0.840 bits per heavy atom. The normalized spacial score (nSPS) is 12.2. The van der Waals surface area contributed by atoms with Gasteiger partial charge in [-0.25, -0.2) is 0 Å². The summed E-state index contributed by atoms with van der Waals surface area (Å²) in [6, 6.07) is -0.662. The molecule has 5 heteroatoms. The molecule has 0 aliphatic carbocycles. The highest BCUT2D eigenvalue weighted by molar-refractivity contribution is 5.77. The lowest BCUT2D eigenvalue weighted by Crippen LogP contribution is -2.38. The number of primary amides is 1. The number of carbonyl (C=O) groups is 2. The fourth-order valence-electron chi connectivity index (χ4n) is 3.02. The molecule has 0 fully saturated rings. The molecule has 0 aliphatic heterocycles. The lowest BCUT2D eigenvalue weighted by atomic mass is 10.0. The molecule has 1 atom stereocenters. The SMILES string of the molecule is CCCCCCCCCCCCCCCN[C@@H](CCC(N)=O)C(=O)O. The van der Waals surface area contributed by atoms with Crippen LogP contribution in [0.2, 0.25) is 0 Å². The third kappa shape index (κ3) is 17.5.